The van der Waals surface area contributed by atoms with Gasteiger partial charge < -0.3 is 24.8 Å². The third kappa shape index (κ3) is 5.80. The number of ether oxygens (including phenoxy) is 1. The molecular weight excluding hydrogens is 583 g/mol. The van der Waals surface area contributed by atoms with Crippen LogP contribution in [0.15, 0.2) is 42.9 Å². The zero-order valence-corrected chi connectivity index (χ0v) is 26.0. The third-order valence-corrected chi connectivity index (χ3v) is 9.43. The van der Waals surface area contributed by atoms with Gasteiger partial charge in [0.2, 0.25) is 5.88 Å². The van der Waals surface area contributed by atoms with E-state index in [0.717, 1.165) is 24.9 Å². The summed E-state index contributed by atoms with van der Waals surface area (Å²) in [5.74, 6) is 0.349. The Labute approximate surface area is 261 Å². The second-order valence-corrected chi connectivity index (χ2v) is 12.2. The Bertz CT molecular complexity index is 1530. The van der Waals surface area contributed by atoms with Gasteiger partial charge >= 0.3 is 6.18 Å². The molecule has 1 spiro atoms. The summed E-state index contributed by atoms with van der Waals surface area (Å²) in [5, 5.41) is 3.37. The number of nitrogens with zero attached hydrogens (tertiary/aromatic N) is 6. The number of carbonyl (C=O) groups is 1. The molecule has 3 aromatic rings. The number of halogens is 3. The number of piperidine rings is 1. The molecule has 1 amide bonds. The van der Waals surface area contributed by atoms with Gasteiger partial charge in [-0.2, -0.15) is 13.2 Å². The number of alkyl halides is 3. The molecule has 3 aliphatic rings. The number of fused-ring (bicyclic) bond motifs is 2. The number of aromatic nitrogens is 3. The van der Waals surface area contributed by atoms with Crippen molar-refractivity contribution in [3.63, 3.8) is 0 Å². The van der Waals surface area contributed by atoms with E-state index >= 15 is 0 Å². The van der Waals surface area contributed by atoms with Crippen LogP contribution in [0.1, 0.15) is 61.1 Å². The van der Waals surface area contributed by atoms with Crippen LogP contribution in [0, 0.1) is 0 Å². The maximum Gasteiger partial charge on any atom is 0.420 e. The van der Waals surface area contributed by atoms with E-state index in [2.05, 4.69) is 15.3 Å². The van der Waals surface area contributed by atoms with Gasteiger partial charge in [0.05, 0.1) is 41.6 Å². The Morgan fingerprint density at radius 3 is 2.64 bits per heavy atom. The number of rotatable bonds is 8. The molecule has 12 heteroatoms. The quantitative estimate of drug-likeness (QED) is 0.369. The van der Waals surface area contributed by atoms with Crippen molar-refractivity contribution in [3.05, 3.63) is 59.7 Å². The Kier molecular flexibility index (Phi) is 8.60. The molecule has 0 radical (unpaired) electrons. The van der Waals surface area contributed by atoms with Crippen LogP contribution >= 0.6 is 0 Å². The Balaban J connectivity index is 1.37. The predicted octanol–water partition coefficient (Wildman–Crippen LogP) is 5.16. The fourth-order valence-electron chi connectivity index (χ4n) is 7.17. The molecule has 9 nitrogen and oxygen atoms in total. The Hall–Kier alpha value is -3.93. The summed E-state index contributed by atoms with van der Waals surface area (Å²) < 4.78 is 49.5. The molecule has 1 atom stereocenters. The fraction of sp³-hybridized carbons (Fsp3) is 0.515. The summed E-state index contributed by atoms with van der Waals surface area (Å²) in [4.78, 5) is 33.0. The number of nitrogens with one attached hydrogen (secondary N) is 1. The monoisotopic (exact) mass is 623 g/mol. The van der Waals surface area contributed by atoms with E-state index in [1.165, 1.54) is 12.4 Å². The van der Waals surface area contributed by atoms with Crippen molar-refractivity contribution in [3.8, 4) is 17.1 Å². The second kappa shape index (κ2) is 12.5. The van der Waals surface area contributed by atoms with Gasteiger partial charge in [-0.15, -0.1) is 0 Å². The van der Waals surface area contributed by atoms with E-state index in [-0.39, 0.29) is 23.3 Å². The molecule has 1 N–H and O–H groups in total. The molecule has 6 heterocycles. The normalized spacial score (nSPS) is 19.6. The van der Waals surface area contributed by atoms with Crippen molar-refractivity contribution in [2.24, 2.45) is 0 Å². The number of hydrogen-bond acceptors (Lipinski definition) is 8. The smallest absolute Gasteiger partial charge is 0.420 e. The van der Waals surface area contributed by atoms with Crippen molar-refractivity contribution >= 4 is 17.3 Å². The molecule has 6 rings (SSSR count). The van der Waals surface area contributed by atoms with Crippen LogP contribution in [-0.2, 0) is 11.6 Å². The van der Waals surface area contributed by atoms with E-state index in [4.69, 9.17) is 9.72 Å². The van der Waals surface area contributed by atoms with Gasteiger partial charge in [0, 0.05) is 57.4 Å². The van der Waals surface area contributed by atoms with Gasteiger partial charge in [-0.25, -0.2) is 9.97 Å². The average Bonchev–Trinajstić information content (AvgIpc) is 3.58. The molecule has 3 aliphatic heterocycles. The number of amides is 1. The van der Waals surface area contributed by atoms with Gasteiger partial charge in [-0.3, -0.25) is 9.78 Å². The van der Waals surface area contributed by atoms with Crippen LogP contribution < -0.4 is 19.9 Å². The summed E-state index contributed by atoms with van der Waals surface area (Å²) in [5.41, 5.74) is 1.70. The number of pyridine rings is 3. The second-order valence-electron chi connectivity index (χ2n) is 12.2. The molecule has 0 aromatic carbocycles. The van der Waals surface area contributed by atoms with Crippen molar-refractivity contribution in [1.82, 2.24) is 25.2 Å². The van der Waals surface area contributed by atoms with E-state index < -0.39 is 17.2 Å². The lowest BCUT2D eigenvalue weighted by Crippen LogP contribution is -2.57. The molecule has 240 valence electrons. The molecule has 1 unspecified atom stereocenters. The van der Waals surface area contributed by atoms with Crippen LogP contribution in [0.5, 0.6) is 5.88 Å². The summed E-state index contributed by atoms with van der Waals surface area (Å²) in [7, 11) is 1.68. The highest BCUT2D eigenvalue weighted by molar-refractivity contribution is 5.96. The highest BCUT2D eigenvalue weighted by atomic mass is 19.4. The Morgan fingerprint density at radius 2 is 1.96 bits per heavy atom. The van der Waals surface area contributed by atoms with Crippen molar-refractivity contribution in [2.75, 3.05) is 62.7 Å². The van der Waals surface area contributed by atoms with Gasteiger partial charge in [0.1, 0.15) is 11.3 Å². The zero-order chi connectivity index (χ0) is 31.8. The minimum absolute atomic E-state index is 0.0372. The van der Waals surface area contributed by atoms with Crippen molar-refractivity contribution in [2.45, 2.75) is 57.2 Å². The van der Waals surface area contributed by atoms with Crippen LogP contribution in [0.3, 0.4) is 0 Å². The summed E-state index contributed by atoms with van der Waals surface area (Å²) >= 11 is 0. The molecule has 45 heavy (non-hydrogen) atoms. The lowest BCUT2D eigenvalue weighted by atomic mass is 9.69. The van der Waals surface area contributed by atoms with Crippen LogP contribution in [0.25, 0.3) is 11.3 Å². The fourth-order valence-corrected chi connectivity index (χ4v) is 7.17. The van der Waals surface area contributed by atoms with Crippen molar-refractivity contribution < 1.29 is 22.7 Å². The molecule has 0 saturated carbocycles. The number of hydrogen-bond donors (Lipinski definition) is 1. The molecule has 2 saturated heterocycles. The van der Waals surface area contributed by atoms with Gasteiger partial charge in [-0.1, -0.05) is 13.0 Å². The summed E-state index contributed by atoms with van der Waals surface area (Å²) in [6.45, 7) is 7.62. The lowest BCUT2D eigenvalue weighted by molar-refractivity contribution is -0.136. The molecule has 0 bridgehead atoms. The van der Waals surface area contributed by atoms with Gasteiger partial charge in [0.25, 0.3) is 5.91 Å². The van der Waals surface area contributed by atoms with Crippen LogP contribution in [0.2, 0.25) is 0 Å². The SMILES string of the molecule is CCCN(C)c1cncc(N2CCC3(CC2)CN(C2CCNC2)C(=O)c2nc(-c4cccnc4OCC)ccc23)c1C(F)(F)F. The first kappa shape index (κ1) is 31.1. The first-order valence-corrected chi connectivity index (χ1v) is 15.8. The zero-order valence-electron chi connectivity index (χ0n) is 26.0. The molecule has 2 fully saturated rings. The van der Waals surface area contributed by atoms with E-state index in [1.807, 2.05) is 47.9 Å². The molecule has 0 aliphatic carbocycles. The lowest BCUT2D eigenvalue weighted by Gasteiger charge is -2.50. The average molecular weight is 624 g/mol. The highest BCUT2D eigenvalue weighted by Crippen LogP contribution is 2.47. The van der Waals surface area contributed by atoms with Crippen LogP contribution in [0.4, 0.5) is 24.5 Å². The van der Waals surface area contributed by atoms with Crippen LogP contribution in [-0.4, -0.2) is 84.7 Å². The summed E-state index contributed by atoms with van der Waals surface area (Å²) in [6.07, 6.45) is 2.50. The molecular formula is C33H40F3N7O2. The predicted molar refractivity (Wildman–Crippen MR) is 167 cm³/mol. The minimum atomic E-state index is -4.53. The first-order valence-electron chi connectivity index (χ1n) is 15.8. The van der Waals surface area contributed by atoms with E-state index in [1.54, 1.807) is 18.1 Å². The number of anilines is 2. The maximum atomic E-state index is 14.6. The standard InChI is InChI=1S/C33H40F3N7O2/c1-4-15-41(3)26-19-38-20-27(28(26)33(34,35)36)42-16-11-32(12-17-42)21-43(22-10-14-37-18-22)31(44)29-24(32)8-9-25(40-29)23-7-6-13-39-30(23)45-5-2/h6-9,13,19-20,22,37H,4-5,10-12,14-18,21H2,1-3H3. The van der Waals surface area contributed by atoms with Gasteiger partial charge in [-0.05, 0) is 62.9 Å². The van der Waals surface area contributed by atoms with Gasteiger partial charge in [0.15, 0.2) is 0 Å². The highest BCUT2D eigenvalue weighted by Gasteiger charge is 2.49. The largest absolute Gasteiger partial charge is 0.477 e. The Morgan fingerprint density at radius 1 is 1.16 bits per heavy atom. The third-order valence-electron chi connectivity index (χ3n) is 9.43. The minimum Gasteiger partial charge on any atom is -0.477 e. The maximum absolute atomic E-state index is 14.6. The first-order chi connectivity index (χ1) is 21.7. The molecule has 3 aromatic heterocycles. The number of carbonyl (C=O) groups excluding carboxylic acids is 1. The topological polar surface area (TPSA) is 86.7 Å². The van der Waals surface area contributed by atoms with E-state index in [9.17, 15) is 18.0 Å². The van der Waals surface area contributed by atoms with E-state index in [0.29, 0.717) is 75.0 Å². The van der Waals surface area contributed by atoms with Crippen molar-refractivity contribution in [1.29, 1.82) is 0 Å². The summed E-state index contributed by atoms with van der Waals surface area (Å²) in [6, 6.07) is 7.63.